The second-order valence-corrected chi connectivity index (χ2v) is 5.35. The van der Waals surface area contributed by atoms with Gasteiger partial charge in [0.2, 0.25) is 0 Å². The van der Waals surface area contributed by atoms with Crippen LogP contribution in [0.25, 0.3) is 0 Å². The summed E-state index contributed by atoms with van der Waals surface area (Å²) in [5.74, 6) is 1.92. The Morgan fingerprint density at radius 2 is 2.15 bits per heavy atom. The van der Waals surface area contributed by atoms with Gasteiger partial charge in [0, 0.05) is 18.7 Å². The molecule has 2 atom stereocenters. The fraction of sp³-hybridized carbons (Fsp3) is 0.429. The molecule has 0 fully saturated rings. The van der Waals surface area contributed by atoms with Crippen molar-refractivity contribution in [3.05, 3.63) is 42.0 Å². The summed E-state index contributed by atoms with van der Waals surface area (Å²) in [6.45, 7) is 3.28. The minimum Gasteiger partial charge on any atom is -0.492 e. The molecule has 0 saturated heterocycles. The van der Waals surface area contributed by atoms with Crippen LogP contribution in [0.15, 0.2) is 30.6 Å². The van der Waals surface area contributed by atoms with Gasteiger partial charge in [-0.15, -0.1) is 10.2 Å². The van der Waals surface area contributed by atoms with Crippen molar-refractivity contribution in [1.29, 1.82) is 0 Å². The minimum absolute atomic E-state index is 0.0191. The summed E-state index contributed by atoms with van der Waals surface area (Å²) in [4.78, 5) is 2.35. The third-order valence-corrected chi connectivity index (χ3v) is 4.24. The van der Waals surface area contributed by atoms with Crippen molar-refractivity contribution in [3.63, 3.8) is 0 Å². The van der Waals surface area contributed by atoms with E-state index in [2.05, 4.69) is 25.7 Å². The lowest BCUT2D eigenvalue weighted by Gasteiger charge is -2.40. The van der Waals surface area contributed by atoms with Crippen LogP contribution in [0.2, 0.25) is 0 Å². The molecule has 2 aliphatic rings. The van der Waals surface area contributed by atoms with Gasteiger partial charge in [-0.05, 0) is 6.07 Å². The summed E-state index contributed by atoms with van der Waals surface area (Å²) in [7, 11) is 0. The van der Waals surface area contributed by atoms with Gasteiger partial charge in [0.15, 0.2) is 0 Å². The molecule has 2 unspecified atom stereocenters. The van der Waals surface area contributed by atoms with Crippen LogP contribution in [0.5, 0.6) is 5.75 Å². The second-order valence-electron chi connectivity index (χ2n) is 5.35. The minimum atomic E-state index is -0.0191. The molecule has 0 spiro atoms. The maximum absolute atomic E-state index is 6.45. The highest BCUT2D eigenvalue weighted by atomic mass is 16.5. The Kier molecular flexibility index (Phi) is 2.71. The van der Waals surface area contributed by atoms with E-state index in [0.717, 1.165) is 36.8 Å². The van der Waals surface area contributed by atoms with Crippen LogP contribution in [0, 0.1) is 0 Å². The maximum Gasteiger partial charge on any atom is 0.147 e. The third-order valence-electron chi connectivity index (χ3n) is 4.24. The summed E-state index contributed by atoms with van der Waals surface area (Å²) in [5.41, 5.74) is 7.55. The Morgan fingerprint density at radius 1 is 1.25 bits per heavy atom. The molecule has 3 heterocycles. The number of nitrogens with two attached hydrogens (primary N) is 1. The average molecular weight is 271 g/mol. The van der Waals surface area contributed by atoms with Gasteiger partial charge >= 0.3 is 0 Å². The van der Waals surface area contributed by atoms with Gasteiger partial charge in [0.25, 0.3) is 0 Å². The van der Waals surface area contributed by atoms with Crippen molar-refractivity contribution in [2.24, 2.45) is 5.73 Å². The lowest BCUT2D eigenvalue weighted by Crippen LogP contribution is -2.51. The summed E-state index contributed by atoms with van der Waals surface area (Å²) < 4.78 is 7.96. The second kappa shape index (κ2) is 4.57. The first-order chi connectivity index (χ1) is 9.83. The van der Waals surface area contributed by atoms with Crippen molar-refractivity contribution in [2.45, 2.75) is 25.2 Å². The van der Waals surface area contributed by atoms with Crippen LogP contribution in [-0.4, -0.2) is 38.9 Å². The predicted molar refractivity (Wildman–Crippen MR) is 73.1 cm³/mol. The van der Waals surface area contributed by atoms with Crippen LogP contribution >= 0.6 is 0 Å². The van der Waals surface area contributed by atoms with E-state index in [4.69, 9.17) is 10.5 Å². The first-order valence-corrected chi connectivity index (χ1v) is 6.91. The molecular formula is C14H17N5O. The Hall–Kier alpha value is -1.92. The monoisotopic (exact) mass is 271 g/mol. The molecule has 0 bridgehead atoms. The standard InChI is InChI=1S/C14H17N5O/c15-14-10-3-1-2-4-12(10)20-8-11(14)18-5-6-19-9-16-17-13(19)7-18/h1-4,9,11,14H,5-8,15H2. The molecule has 0 radical (unpaired) electrons. The fourth-order valence-electron chi connectivity index (χ4n) is 3.07. The van der Waals surface area contributed by atoms with E-state index in [1.54, 1.807) is 6.33 Å². The smallest absolute Gasteiger partial charge is 0.147 e. The van der Waals surface area contributed by atoms with E-state index < -0.39 is 0 Å². The highest BCUT2D eigenvalue weighted by Crippen LogP contribution is 2.33. The molecule has 6 nitrogen and oxygen atoms in total. The summed E-state index contributed by atoms with van der Waals surface area (Å²) >= 11 is 0. The van der Waals surface area contributed by atoms with E-state index in [-0.39, 0.29) is 12.1 Å². The molecule has 4 rings (SSSR count). The molecule has 2 aliphatic heterocycles. The van der Waals surface area contributed by atoms with E-state index in [1.807, 2.05) is 18.2 Å². The van der Waals surface area contributed by atoms with Crippen LogP contribution in [0.1, 0.15) is 17.4 Å². The molecule has 20 heavy (non-hydrogen) atoms. The molecule has 6 heteroatoms. The molecule has 104 valence electrons. The quantitative estimate of drug-likeness (QED) is 0.820. The van der Waals surface area contributed by atoms with Gasteiger partial charge in [-0.2, -0.15) is 0 Å². The van der Waals surface area contributed by atoms with Gasteiger partial charge in [0.1, 0.15) is 24.5 Å². The predicted octanol–water partition coefficient (Wildman–Crippen LogP) is 0.555. The molecule has 2 N–H and O–H groups in total. The molecule has 1 aromatic carbocycles. The number of fused-ring (bicyclic) bond motifs is 2. The Balaban J connectivity index is 1.59. The summed E-state index contributed by atoms with van der Waals surface area (Å²) in [6.07, 6.45) is 1.79. The first-order valence-electron chi connectivity index (χ1n) is 6.91. The van der Waals surface area contributed by atoms with E-state index in [9.17, 15) is 0 Å². The zero-order chi connectivity index (χ0) is 13.5. The SMILES string of the molecule is NC1c2ccccc2OCC1N1CCn2cnnc2C1. The van der Waals surface area contributed by atoms with E-state index in [0.29, 0.717) is 6.61 Å². The Bertz CT molecular complexity index is 626. The third kappa shape index (κ3) is 1.80. The van der Waals surface area contributed by atoms with Gasteiger partial charge < -0.3 is 15.0 Å². The lowest BCUT2D eigenvalue weighted by atomic mass is 9.95. The topological polar surface area (TPSA) is 69.2 Å². The van der Waals surface area contributed by atoms with Crippen molar-refractivity contribution in [3.8, 4) is 5.75 Å². The Labute approximate surface area is 117 Å². The first kappa shape index (κ1) is 11.9. The number of nitrogens with zero attached hydrogens (tertiary/aromatic N) is 4. The number of benzene rings is 1. The number of hydrogen-bond acceptors (Lipinski definition) is 5. The molecular weight excluding hydrogens is 254 g/mol. The fourth-order valence-corrected chi connectivity index (χ4v) is 3.07. The highest BCUT2D eigenvalue weighted by Gasteiger charge is 2.34. The maximum atomic E-state index is 6.45. The van der Waals surface area contributed by atoms with Crippen molar-refractivity contribution >= 4 is 0 Å². The molecule has 0 saturated carbocycles. The Morgan fingerprint density at radius 3 is 3.10 bits per heavy atom. The van der Waals surface area contributed by atoms with Gasteiger partial charge in [0.05, 0.1) is 18.6 Å². The molecule has 1 aromatic heterocycles. The highest BCUT2D eigenvalue weighted by molar-refractivity contribution is 5.38. The molecule has 0 aliphatic carbocycles. The number of ether oxygens (including phenoxy) is 1. The number of rotatable bonds is 1. The van der Waals surface area contributed by atoms with E-state index >= 15 is 0 Å². The summed E-state index contributed by atoms with van der Waals surface area (Å²) in [6, 6.07) is 8.20. The zero-order valence-electron chi connectivity index (χ0n) is 11.1. The van der Waals surface area contributed by atoms with Gasteiger partial charge in [-0.25, -0.2) is 0 Å². The van der Waals surface area contributed by atoms with Crippen molar-refractivity contribution in [2.75, 3.05) is 13.2 Å². The lowest BCUT2D eigenvalue weighted by molar-refractivity contribution is 0.0743. The number of aromatic nitrogens is 3. The zero-order valence-corrected chi connectivity index (χ0v) is 11.1. The van der Waals surface area contributed by atoms with Crippen LogP contribution < -0.4 is 10.5 Å². The largest absolute Gasteiger partial charge is 0.492 e. The van der Waals surface area contributed by atoms with Crippen molar-refractivity contribution < 1.29 is 4.74 Å². The van der Waals surface area contributed by atoms with Gasteiger partial charge in [-0.3, -0.25) is 4.90 Å². The van der Waals surface area contributed by atoms with Crippen molar-refractivity contribution in [1.82, 2.24) is 19.7 Å². The normalized spacial score (nSPS) is 25.6. The van der Waals surface area contributed by atoms with E-state index in [1.165, 1.54) is 0 Å². The molecule has 2 aromatic rings. The van der Waals surface area contributed by atoms with Crippen LogP contribution in [0.3, 0.4) is 0 Å². The van der Waals surface area contributed by atoms with Gasteiger partial charge in [-0.1, -0.05) is 18.2 Å². The number of para-hydroxylation sites is 1. The van der Waals surface area contributed by atoms with Crippen LogP contribution in [0.4, 0.5) is 0 Å². The molecule has 0 amide bonds. The average Bonchev–Trinajstić information content (AvgIpc) is 2.95. The number of hydrogen-bond donors (Lipinski definition) is 1. The van der Waals surface area contributed by atoms with Crippen LogP contribution in [-0.2, 0) is 13.1 Å². The summed E-state index contributed by atoms with van der Waals surface area (Å²) in [5, 5.41) is 8.12.